The first-order valence-electron chi connectivity index (χ1n) is 13.5. The minimum absolute atomic E-state index is 0. The van der Waals surface area contributed by atoms with Crippen LogP contribution in [0.3, 0.4) is 0 Å². The van der Waals surface area contributed by atoms with Gasteiger partial charge in [-0.1, -0.05) is 141 Å². The third kappa shape index (κ3) is 35.5. The van der Waals surface area contributed by atoms with Crippen molar-refractivity contribution in [2.45, 2.75) is 155 Å². The quantitative estimate of drug-likeness (QED) is 0.117. The Balaban J connectivity index is -0.000000140. The van der Waals surface area contributed by atoms with Gasteiger partial charge in [0.1, 0.15) is 0 Å². The second-order valence-corrected chi connectivity index (χ2v) is 15.6. The summed E-state index contributed by atoms with van der Waals surface area (Å²) >= 11 is 0. The fourth-order valence-electron chi connectivity index (χ4n) is 3.07. The Kier molecular flexibility index (Phi) is 37.0. The van der Waals surface area contributed by atoms with Crippen LogP contribution in [0, 0.1) is 0 Å². The van der Waals surface area contributed by atoms with E-state index in [-0.39, 0.29) is 34.1 Å². The Morgan fingerprint density at radius 1 is 0.421 bits per heavy atom. The van der Waals surface area contributed by atoms with Crippen LogP contribution in [0.4, 0.5) is 0 Å². The van der Waals surface area contributed by atoms with Crippen LogP contribution in [0.5, 0.6) is 0 Å². The Hall–Kier alpha value is 1.49. The third-order valence-corrected chi connectivity index (χ3v) is 10.1. The molecule has 0 aromatic heterocycles. The zero-order valence-corrected chi connectivity index (χ0v) is 29.0. The molecule has 0 aliphatic carbocycles. The Morgan fingerprint density at radius 2 is 0.605 bits per heavy atom. The second kappa shape index (κ2) is 28.6. The van der Waals surface area contributed by atoms with Gasteiger partial charge in [0.25, 0.3) is 0 Å². The van der Waals surface area contributed by atoms with Crippen molar-refractivity contribution in [2.75, 3.05) is 0 Å². The molecule has 0 aliphatic rings. The van der Waals surface area contributed by atoms with E-state index >= 15 is 0 Å². The van der Waals surface area contributed by atoms with Crippen molar-refractivity contribution in [2.24, 2.45) is 0 Å². The van der Waals surface area contributed by atoms with E-state index in [0.29, 0.717) is 19.3 Å². The number of rotatable bonds is 18. The normalized spacial score (nSPS) is 13.9. The van der Waals surface area contributed by atoms with E-state index < -0.39 is 39.8 Å². The first kappa shape index (κ1) is 49.2. The van der Waals surface area contributed by atoms with Gasteiger partial charge in [-0.2, -0.15) is 0 Å². The van der Waals surface area contributed by atoms with Crippen molar-refractivity contribution < 1.29 is 77.2 Å². The van der Waals surface area contributed by atoms with E-state index in [1.807, 2.05) is 0 Å². The topological polar surface area (TPSA) is 190 Å². The number of hydrogen-bond donors (Lipinski definition) is 0. The van der Waals surface area contributed by atoms with E-state index in [1.165, 1.54) is 20.8 Å². The molecule has 2 radical (unpaired) electrons. The van der Waals surface area contributed by atoms with Crippen molar-refractivity contribution in [3.05, 3.63) is 0 Å². The molecule has 0 spiro atoms. The molecule has 14 heteroatoms. The minimum atomic E-state index is -4.31. The molecular weight excluding hydrogens is 637 g/mol. The molecule has 0 bridgehead atoms. The van der Waals surface area contributed by atoms with Crippen molar-refractivity contribution in [1.29, 1.82) is 0 Å². The van der Waals surface area contributed by atoms with Gasteiger partial charge in [0.05, 0.1) is 0 Å². The van der Waals surface area contributed by atoms with Crippen LogP contribution < -0.4 is 29.4 Å². The fourth-order valence-corrected chi connectivity index (χ4v) is 4.57. The van der Waals surface area contributed by atoms with E-state index in [1.54, 1.807) is 0 Å². The predicted molar refractivity (Wildman–Crippen MR) is 137 cm³/mol. The number of hydrogen-bond acceptors (Lipinski definition) is 9. The van der Waals surface area contributed by atoms with Crippen molar-refractivity contribution >= 4 is 22.8 Å². The van der Waals surface area contributed by atoms with Crippen molar-refractivity contribution in [3.63, 3.8) is 0 Å². The molecule has 0 rings (SSSR count). The number of unbranched alkanes of at least 4 members (excludes halogenated alkanes) is 9. The zero-order chi connectivity index (χ0) is 28.8. The van der Waals surface area contributed by atoms with Gasteiger partial charge < -0.3 is 43.1 Å². The molecule has 38 heavy (non-hydrogen) atoms. The van der Waals surface area contributed by atoms with Crippen LogP contribution in [-0.2, 0) is 47.8 Å². The first-order valence-corrected chi connectivity index (χ1v) is 18.3. The summed E-state index contributed by atoms with van der Waals surface area (Å²) in [5, 5.41) is 0. The summed E-state index contributed by atoms with van der Waals surface area (Å²) in [6, 6.07) is 0. The Bertz CT molecular complexity index is 554. The zero-order valence-electron chi connectivity index (χ0n) is 24.1. The average molecular weight is 688 g/mol. The first-order chi connectivity index (χ1) is 16.4. The van der Waals surface area contributed by atoms with E-state index in [9.17, 15) is 43.1 Å². The predicted octanol–water partition coefficient (Wildman–Crippen LogP) is 3.77. The van der Waals surface area contributed by atoms with E-state index in [4.69, 9.17) is 0 Å². The van der Waals surface area contributed by atoms with Crippen LogP contribution >= 0.6 is 22.8 Å². The van der Waals surface area contributed by atoms with Crippen LogP contribution in [0.15, 0.2) is 0 Å². The van der Waals surface area contributed by atoms with Crippen molar-refractivity contribution in [1.82, 2.24) is 0 Å². The average Bonchev–Trinajstić information content (AvgIpc) is 2.75. The molecule has 0 aromatic carbocycles. The van der Waals surface area contributed by atoms with Crippen LogP contribution in [0.1, 0.15) is 138 Å². The summed E-state index contributed by atoms with van der Waals surface area (Å²) in [5.74, 6) is 0. The molecule has 0 amide bonds. The molecule has 0 fully saturated rings. The third-order valence-electron chi connectivity index (χ3n) is 6.05. The van der Waals surface area contributed by atoms with Gasteiger partial charge >= 0.3 is 34.1 Å². The smallest absolute Gasteiger partial charge is 0.811 e. The van der Waals surface area contributed by atoms with E-state index in [2.05, 4.69) is 20.8 Å². The van der Waals surface area contributed by atoms with Gasteiger partial charge in [0.15, 0.2) is 0 Å². The largest absolute Gasteiger partial charge is 3.00 e. The van der Waals surface area contributed by atoms with Gasteiger partial charge in [-0.3, -0.25) is 0 Å². The summed E-state index contributed by atoms with van der Waals surface area (Å²) in [5.41, 5.74) is -2.06. The standard InChI is InChI=1S/3C8H19O3P.2Fe/c3*1-3-4-5-6-7-8(2)12(9,10)11;;/h3*8H,3-7H2,1-2H3,(H2,9,10,11);;/q;;;2*+3/p-6. The molecular formula is C24H51Fe2O9P3. The maximum absolute atomic E-state index is 10.5. The molecule has 0 saturated heterocycles. The molecule has 0 heterocycles. The van der Waals surface area contributed by atoms with Crippen LogP contribution in [-0.4, -0.2) is 17.0 Å². The maximum atomic E-state index is 10.5. The molecule has 0 aliphatic heterocycles. The minimum Gasteiger partial charge on any atom is -0.811 e. The molecule has 3 atom stereocenters. The van der Waals surface area contributed by atoms with Gasteiger partial charge in [-0.05, 0) is 36.2 Å². The fraction of sp³-hybridized carbons (Fsp3) is 1.00. The summed E-state index contributed by atoms with van der Waals surface area (Å²) in [4.78, 5) is 62.8. The van der Waals surface area contributed by atoms with Gasteiger partial charge in [-0.15, -0.1) is 0 Å². The molecule has 0 N–H and O–H groups in total. The summed E-state index contributed by atoms with van der Waals surface area (Å²) in [6.45, 7) is 10.8. The summed E-state index contributed by atoms with van der Waals surface area (Å²) in [6.07, 6.45) is 13.9. The monoisotopic (exact) mass is 688 g/mol. The SMILES string of the molecule is CCCCCCC(C)P(=O)([O-])[O-].CCCCCCC(C)P(=O)([O-])[O-].CCCCCCC(C)P(=O)([O-])[O-].[Fe+3].[Fe+3]. The van der Waals surface area contributed by atoms with Gasteiger partial charge in [0, 0.05) is 0 Å². The summed E-state index contributed by atoms with van der Waals surface area (Å²) in [7, 11) is -12.9. The summed E-state index contributed by atoms with van der Waals surface area (Å²) < 4.78 is 31.4. The Labute approximate surface area is 253 Å². The van der Waals surface area contributed by atoms with Gasteiger partial charge in [0.2, 0.25) is 0 Å². The molecule has 0 saturated carbocycles. The second-order valence-electron chi connectivity index (χ2n) is 9.71. The van der Waals surface area contributed by atoms with E-state index in [0.717, 1.165) is 77.0 Å². The van der Waals surface area contributed by atoms with Crippen LogP contribution in [0.25, 0.3) is 0 Å². The van der Waals surface area contributed by atoms with Gasteiger partial charge in [-0.25, -0.2) is 0 Å². The molecule has 0 aromatic rings. The van der Waals surface area contributed by atoms with Crippen molar-refractivity contribution in [3.8, 4) is 0 Å². The maximum Gasteiger partial charge on any atom is 3.00 e. The molecule has 3 unspecified atom stereocenters. The molecule has 232 valence electrons. The molecule has 9 nitrogen and oxygen atoms in total. The Morgan fingerprint density at radius 3 is 0.737 bits per heavy atom. The van der Waals surface area contributed by atoms with Crippen LogP contribution in [0.2, 0.25) is 0 Å².